The van der Waals surface area contributed by atoms with E-state index in [1.54, 1.807) is 11.3 Å². The summed E-state index contributed by atoms with van der Waals surface area (Å²) in [5.74, 6) is 1.67. The number of nitrogens with one attached hydrogen (secondary N) is 1. The highest BCUT2D eigenvalue weighted by Crippen LogP contribution is 2.38. The van der Waals surface area contributed by atoms with Crippen LogP contribution in [0.3, 0.4) is 0 Å². The standard InChI is InChI=1S/C12H16N2O2S/c1-4-15-8-6-7-9(16-5-2)11-10(8)14-12(13-3)17-11/h6-7H,4-5H2,1-3H3,(H,13,14). The number of ether oxygens (including phenoxy) is 2. The fourth-order valence-corrected chi connectivity index (χ4v) is 2.51. The smallest absolute Gasteiger partial charge is 0.183 e. The second kappa shape index (κ2) is 5.23. The van der Waals surface area contributed by atoms with Gasteiger partial charge in [-0.15, -0.1) is 0 Å². The van der Waals surface area contributed by atoms with Crippen molar-refractivity contribution >= 4 is 26.7 Å². The molecule has 0 bridgehead atoms. The molecule has 0 atom stereocenters. The molecule has 1 N–H and O–H groups in total. The zero-order chi connectivity index (χ0) is 12.3. The van der Waals surface area contributed by atoms with Crippen LogP contribution in [0, 0.1) is 0 Å². The number of nitrogens with zero attached hydrogens (tertiary/aromatic N) is 1. The van der Waals surface area contributed by atoms with E-state index >= 15 is 0 Å². The molecule has 92 valence electrons. The molecule has 0 amide bonds. The van der Waals surface area contributed by atoms with Crippen molar-refractivity contribution in [2.24, 2.45) is 0 Å². The summed E-state index contributed by atoms with van der Waals surface area (Å²) >= 11 is 1.58. The quantitative estimate of drug-likeness (QED) is 0.887. The Morgan fingerprint density at radius 3 is 2.47 bits per heavy atom. The Morgan fingerprint density at radius 1 is 1.18 bits per heavy atom. The fraction of sp³-hybridized carbons (Fsp3) is 0.417. The fourth-order valence-electron chi connectivity index (χ4n) is 1.61. The van der Waals surface area contributed by atoms with Crippen LogP contribution >= 0.6 is 11.3 Å². The van der Waals surface area contributed by atoms with Crippen LogP contribution in [0.4, 0.5) is 5.13 Å². The predicted molar refractivity (Wildman–Crippen MR) is 71.5 cm³/mol. The minimum absolute atomic E-state index is 0.634. The van der Waals surface area contributed by atoms with Crippen molar-refractivity contribution in [2.75, 3.05) is 25.6 Å². The lowest BCUT2D eigenvalue weighted by Crippen LogP contribution is -1.95. The molecule has 0 unspecified atom stereocenters. The second-order valence-corrected chi connectivity index (χ2v) is 4.37. The van der Waals surface area contributed by atoms with Crippen LogP contribution in [-0.2, 0) is 0 Å². The number of anilines is 1. The van der Waals surface area contributed by atoms with Gasteiger partial charge in [-0.2, -0.15) is 0 Å². The minimum Gasteiger partial charge on any atom is -0.492 e. The van der Waals surface area contributed by atoms with E-state index in [0.29, 0.717) is 13.2 Å². The molecule has 0 fully saturated rings. The van der Waals surface area contributed by atoms with Crippen molar-refractivity contribution in [2.45, 2.75) is 13.8 Å². The van der Waals surface area contributed by atoms with Gasteiger partial charge in [0.05, 0.1) is 13.2 Å². The lowest BCUT2D eigenvalue weighted by atomic mass is 10.3. The summed E-state index contributed by atoms with van der Waals surface area (Å²) in [5, 5.41) is 3.92. The molecule has 1 heterocycles. The monoisotopic (exact) mass is 252 g/mol. The molecule has 2 aromatic rings. The van der Waals surface area contributed by atoms with Crippen LogP contribution in [-0.4, -0.2) is 25.2 Å². The topological polar surface area (TPSA) is 43.4 Å². The van der Waals surface area contributed by atoms with Gasteiger partial charge in [0.1, 0.15) is 21.7 Å². The van der Waals surface area contributed by atoms with E-state index in [-0.39, 0.29) is 0 Å². The maximum absolute atomic E-state index is 5.60. The van der Waals surface area contributed by atoms with E-state index in [9.17, 15) is 0 Å². The molecule has 0 saturated carbocycles. The molecule has 0 saturated heterocycles. The lowest BCUT2D eigenvalue weighted by molar-refractivity contribution is 0.336. The maximum atomic E-state index is 5.60. The van der Waals surface area contributed by atoms with Gasteiger partial charge in [0.25, 0.3) is 0 Å². The number of aromatic nitrogens is 1. The molecule has 17 heavy (non-hydrogen) atoms. The van der Waals surface area contributed by atoms with Gasteiger partial charge in [0.2, 0.25) is 0 Å². The number of benzene rings is 1. The molecule has 0 radical (unpaired) electrons. The molecule has 0 aliphatic rings. The van der Waals surface area contributed by atoms with Crippen LogP contribution in [0.1, 0.15) is 13.8 Å². The zero-order valence-corrected chi connectivity index (χ0v) is 11.1. The first-order valence-corrected chi connectivity index (χ1v) is 6.48. The van der Waals surface area contributed by atoms with E-state index in [4.69, 9.17) is 9.47 Å². The van der Waals surface area contributed by atoms with Gasteiger partial charge < -0.3 is 14.8 Å². The Hall–Kier alpha value is -1.49. The normalized spacial score (nSPS) is 10.5. The van der Waals surface area contributed by atoms with Crippen molar-refractivity contribution in [3.05, 3.63) is 12.1 Å². The van der Waals surface area contributed by atoms with Crippen LogP contribution in [0.5, 0.6) is 11.5 Å². The average Bonchev–Trinajstić information content (AvgIpc) is 2.77. The van der Waals surface area contributed by atoms with Crippen LogP contribution in [0.15, 0.2) is 12.1 Å². The summed E-state index contributed by atoms with van der Waals surface area (Å²) in [6.07, 6.45) is 0. The van der Waals surface area contributed by atoms with Crippen molar-refractivity contribution in [3.8, 4) is 11.5 Å². The van der Waals surface area contributed by atoms with Gasteiger partial charge >= 0.3 is 0 Å². The van der Waals surface area contributed by atoms with Crippen LogP contribution in [0.2, 0.25) is 0 Å². The zero-order valence-electron chi connectivity index (χ0n) is 10.2. The molecule has 1 aromatic heterocycles. The Labute approximate surface area is 105 Å². The highest BCUT2D eigenvalue weighted by Gasteiger charge is 2.13. The molecule has 0 aliphatic heterocycles. The predicted octanol–water partition coefficient (Wildman–Crippen LogP) is 3.14. The van der Waals surface area contributed by atoms with Gasteiger partial charge in [-0.1, -0.05) is 11.3 Å². The molecule has 4 nitrogen and oxygen atoms in total. The highest BCUT2D eigenvalue weighted by molar-refractivity contribution is 7.22. The third kappa shape index (κ3) is 2.29. The molecular formula is C12H16N2O2S. The molecule has 2 rings (SSSR count). The first-order valence-electron chi connectivity index (χ1n) is 5.67. The van der Waals surface area contributed by atoms with E-state index in [0.717, 1.165) is 26.8 Å². The van der Waals surface area contributed by atoms with Gasteiger partial charge in [0, 0.05) is 7.05 Å². The first-order chi connectivity index (χ1) is 8.30. The van der Waals surface area contributed by atoms with Gasteiger partial charge in [-0.25, -0.2) is 4.98 Å². The number of hydrogen-bond acceptors (Lipinski definition) is 5. The summed E-state index contributed by atoms with van der Waals surface area (Å²) in [7, 11) is 1.86. The van der Waals surface area contributed by atoms with Gasteiger partial charge in [0.15, 0.2) is 5.13 Å². The SMILES string of the molecule is CCOc1ccc(OCC)c2sc(NC)nc12. The number of hydrogen-bond donors (Lipinski definition) is 1. The Bertz CT molecular complexity index is 467. The first kappa shape index (κ1) is 12.0. The lowest BCUT2D eigenvalue weighted by Gasteiger charge is -2.07. The maximum Gasteiger partial charge on any atom is 0.183 e. The van der Waals surface area contributed by atoms with E-state index in [1.165, 1.54) is 0 Å². The van der Waals surface area contributed by atoms with Crippen LogP contribution in [0.25, 0.3) is 10.2 Å². The minimum atomic E-state index is 0.634. The second-order valence-electron chi connectivity index (χ2n) is 3.37. The summed E-state index contributed by atoms with van der Waals surface area (Å²) in [4.78, 5) is 4.50. The number of fused-ring (bicyclic) bond motifs is 1. The van der Waals surface area contributed by atoms with Crippen molar-refractivity contribution in [1.82, 2.24) is 4.98 Å². The summed E-state index contributed by atoms with van der Waals surface area (Å²) < 4.78 is 12.2. The van der Waals surface area contributed by atoms with E-state index < -0.39 is 0 Å². The Kier molecular flexibility index (Phi) is 3.68. The molecular weight excluding hydrogens is 236 g/mol. The largest absolute Gasteiger partial charge is 0.492 e. The molecule has 0 aliphatic carbocycles. The van der Waals surface area contributed by atoms with Crippen molar-refractivity contribution in [3.63, 3.8) is 0 Å². The summed E-state index contributed by atoms with van der Waals surface area (Å²) in [6.45, 7) is 5.22. The van der Waals surface area contributed by atoms with Crippen LogP contribution < -0.4 is 14.8 Å². The molecule has 5 heteroatoms. The summed E-state index contributed by atoms with van der Waals surface area (Å²) in [5.41, 5.74) is 0.868. The number of thiazole rings is 1. The average molecular weight is 252 g/mol. The highest BCUT2D eigenvalue weighted by atomic mass is 32.1. The molecule has 1 aromatic carbocycles. The number of rotatable bonds is 5. The third-order valence-electron chi connectivity index (χ3n) is 2.28. The van der Waals surface area contributed by atoms with Crippen molar-refractivity contribution < 1.29 is 9.47 Å². The Morgan fingerprint density at radius 2 is 1.82 bits per heavy atom. The van der Waals surface area contributed by atoms with Gasteiger partial charge in [-0.3, -0.25) is 0 Å². The molecule has 0 spiro atoms. The van der Waals surface area contributed by atoms with E-state index in [1.807, 2.05) is 33.0 Å². The van der Waals surface area contributed by atoms with Gasteiger partial charge in [-0.05, 0) is 26.0 Å². The van der Waals surface area contributed by atoms with Crippen molar-refractivity contribution in [1.29, 1.82) is 0 Å². The Balaban J connectivity index is 2.56. The third-order valence-corrected chi connectivity index (χ3v) is 3.37. The van der Waals surface area contributed by atoms with E-state index in [2.05, 4.69) is 10.3 Å². The summed E-state index contributed by atoms with van der Waals surface area (Å²) in [6, 6.07) is 3.85.